The second kappa shape index (κ2) is 9.05. The molecule has 1 saturated heterocycles. The van der Waals surface area contributed by atoms with Crippen LogP contribution in [0, 0.1) is 0 Å². The molecule has 1 aliphatic rings. The number of carbonyl (C=O) groups is 2. The van der Waals surface area contributed by atoms with E-state index in [1.165, 1.54) is 0 Å². The Bertz CT molecular complexity index is 783. The molecule has 0 atom stereocenters. The maximum Gasteiger partial charge on any atom is 0.269 e. The lowest BCUT2D eigenvalue weighted by Crippen LogP contribution is -2.40. The van der Waals surface area contributed by atoms with Gasteiger partial charge in [0, 0.05) is 18.8 Å². The van der Waals surface area contributed by atoms with Gasteiger partial charge in [-0.2, -0.15) is 0 Å². The standard InChI is InChI=1S/C19H24N4O3S/c1-2-3-16-18(27-22-21-16)19(26)20-14-6-4-13(5-7-14)12-17(25)23-10-8-15(24)9-11-23/h4-7,15,24H,2-3,8-12H2,1H3,(H,20,26). The predicted octanol–water partition coefficient (Wildman–Crippen LogP) is 2.27. The van der Waals surface area contributed by atoms with Crippen molar-refractivity contribution in [3.8, 4) is 0 Å². The molecule has 7 nitrogen and oxygen atoms in total. The number of likely N-dealkylation sites (tertiary alicyclic amines) is 1. The van der Waals surface area contributed by atoms with Gasteiger partial charge in [-0.1, -0.05) is 30.0 Å². The lowest BCUT2D eigenvalue weighted by Gasteiger charge is -2.29. The zero-order chi connectivity index (χ0) is 19.2. The smallest absolute Gasteiger partial charge is 0.269 e. The van der Waals surface area contributed by atoms with Gasteiger partial charge in [0.05, 0.1) is 18.2 Å². The summed E-state index contributed by atoms with van der Waals surface area (Å²) in [5, 5.41) is 16.4. The molecule has 1 aliphatic heterocycles. The molecule has 144 valence electrons. The summed E-state index contributed by atoms with van der Waals surface area (Å²) < 4.78 is 3.87. The highest BCUT2D eigenvalue weighted by Crippen LogP contribution is 2.17. The Kier molecular flexibility index (Phi) is 6.52. The van der Waals surface area contributed by atoms with Crippen molar-refractivity contribution < 1.29 is 14.7 Å². The fourth-order valence-electron chi connectivity index (χ4n) is 3.08. The molecule has 0 radical (unpaired) electrons. The first-order chi connectivity index (χ1) is 13.1. The number of aliphatic hydroxyl groups is 1. The van der Waals surface area contributed by atoms with Crippen molar-refractivity contribution in [3.05, 3.63) is 40.4 Å². The molecule has 2 N–H and O–H groups in total. The molecule has 1 aromatic carbocycles. The van der Waals surface area contributed by atoms with E-state index in [0.717, 1.165) is 35.6 Å². The van der Waals surface area contributed by atoms with Gasteiger partial charge >= 0.3 is 0 Å². The van der Waals surface area contributed by atoms with E-state index in [-0.39, 0.29) is 17.9 Å². The van der Waals surface area contributed by atoms with Crippen LogP contribution in [-0.2, 0) is 17.6 Å². The van der Waals surface area contributed by atoms with Gasteiger partial charge in [0.15, 0.2) is 0 Å². The lowest BCUT2D eigenvalue weighted by atomic mass is 10.1. The van der Waals surface area contributed by atoms with Crippen LogP contribution in [0.2, 0.25) is 0 Å². The first-order valence-electron chi connectivity index (χ1n) is 9.24. The fraction of sp³-hybridized carbons (Fsp3) is 0.474. The summed E-state index contributed by atoms with van der Waals surface area (Å²) in [6.45, 7) is 3.25. The van der Waals surface area contributed by atoms with Gasteiger partial charge in [0.2, 0.25) is 5.91 Å². The zero-order valence-electron chi connectivity index (χ0n) is 15.4. The molecule has 2 aromatic rings. The normalized spacial score (nSPS) is 15.0. The Hall–Kier alpha value is -2.32. The highest BCUT2D eigenvalue weighted by molar-refractivity contribution is 7.08. The molecular formula is C19H24N4O3S. The molecule has 27 heavy (non-hydrogen) atoms. The highest BCUT2D eigenvalue weighted by atomic mass is 32.1. The number of rotatable bonds is 6. The van der Waals surface area contributed by atoms with Crippen LogP contribution in [-0.4, -0.2) is 50.6 Å². The molecule has 0 unspecified atom stereocenters. The number of hydrogen-bond donors (Lipinski definition) is 2. The molecule has 0 saturated carbocycles. The van der Waals surface area contributed by atoms with Crippen molar-refractivity contribution in [3.63, 3.8) is 0 Å². The molecule has 0 bridgehead atoms. The molecule has 8 heteroatoms. The average Bonchev–Trinajstić information content (AvgIpc) is 3.12. The minimum absolute atomic E-state index is 0.0682. The number of aliphatic hydroxyl groups excluding tert-OH is 1. The molecule has 1 aromatic heterocycles. The van der Waals surface area contributed by atoms with Gasteiger partial charge in [-0.15, -0.1) is 5.10 Å². The maximum atomic E-state index is 12.4. The number of anilines is 1. The number of piperidine rings is 1. The molecule has 3 rings (SSSR count). The van der Waals surface area contributed by atoms with Crippen molar-refractivity contribution in [2.24, 2.45) is 0 Å². The molecule has 2 heterocycles. The van der Waals surface area contributed by atoms with E-state index in [4.69, 9.17) is 0 Å². The van der Waals surface area contributed by atoms with Crippen LogP contribution in [0.3, 0.4) is 0 Å². The van der Waals surface area contributed by atoms with Gasteiger partial charge in [-0.05, 0) is 48.5 Å². The summed E-state index contributed by atoms with van der Waals surface area (Å²) in [5.74, 6) is -0.136. The summed E-state index contributed by atoms with van der Waals surface area (Å²) in [6.07, 6.45) is 2.96. The minimum Gasteiger partial charge on any atom is -0.393 e. The van der Waals surface area contributed by atoms with E-state index in [2.05, 4.69) is 14.9 Å². The van der Waals surface area contributed by atoms with Gasteiger partial charge in [0.25, 0.3) is 5.91 Å². The number of aryl methyl sites for hydroxylation is 1. The molecular weight excluding hydrogens is 364 g/mol. The monoisotopic (exact) mass is 388 g/mol. The van der Waals surface area contributed by atoms with Crippen molar-refractivity contribution in [2.45, 2.75) is 45.1 Å². The van der Waals surface area contributed by atoms with Crippen LogP contribution in [0.1, 0.15) is 47.1 Å². The number of nitrogens with one attached hydrogen (secondary N) is 1. The third-order valence-corrected chi connectivity index (χ3v) is 5.40. The minimum atomic E-state index is -0.288. The quantitative estimate of drug-likeness (QED) is 0.791. The topological polar surface area (TPSA) is 95.4 Å². The first-order valence-corrected chi connectivity index (χ1v) is 10.0. The van der Waals surface area contributed by atoms with E-state index in [9.17, 15) is 14.7 Å². The second-order valence-corrected chi connectivity index (χ2v) is 7.49. The molecule has 2 amide bonds. The number of amides is 2. The Balaban J connectivity index is 1.56. The van der Waals surface area contributed by atoms with E-state index in [1.54, 1.807) is 17.0 Å². The van der Waals surface area contributed by atoms with Crippen molar-refractivity contribution in [1.29, 1.82) is 0 Å². The summed E-state index contributed by atoms with van der Waals surface area (Å²) in [6, 6.07) is 7.30. The number of benzene rings is 1. The van der Waals surface area contributed by atoms with Crippen molar-refractivity contribution in [1.82, 2.24) is 14.5 Å². The van der Waals surface area contributed by atoms with E-state index >= 15 is 0 Å². The Morgan fingerprint density at radius 2 is 1.96 bits per heavy atom. The zero-order valence-corrected chi connectivity index (χ0v) is 16.2. The number of hydrogen-bond acceptors (Lipinski definition) is 6. The van der Waals surface area contributed by atoms with Crippen molar-refractivity contribution >= 4 is 29.0 Å². The third kappa shape index (κ3) is 5.11. The Labute approximate surface area is 162 Å². The number of carbonyl (C=O) groups excluding carboxylic acids is 2. The van der Waals surface area contributed by atoms with Gasteiger partial charge < -0.3 is 15.3 Å². The van der Waals surface area contributed by atoms with Crippen LogP contribution >= 0.6 is 11.5 Å². The van der Waals surface area contributed by atoms with E-state index < -0.39 is 0 Å². The summed E-state index contributed by atoms with van der Waals surface area (Å²) in [7, 11) is 0. The summed E-state index contributed by atoms with van der Waals surface area (Å²) >= 11 is 1.10. The van der Waals surface area contributed by atoms with Crippen molar-refractivity contribution in [2.75, 3.05) is 18.4 Å². The van der Waals surface area contributed by atoms with Crippen LogP contribution < -0.4 is 5.32 Å². The molecule has 0 spiro atoms. The van der Waals surface area contributed by atoms with Crippen LogP contribution in [0.5, 0.6) is 0 Å². The van der Waals surface area contributed by atoms with Crippen LogP contribution in [0.25, 0.3) is 0 Å². The summed E-state index contributed by atoms with van der Waals surface area (Å²) in [5.41, 5.74) is 2.30. The number of nitrogens with zero attached hydrogens (tertiary/aromatic N) is 3. The predicted molar refractivity (Wildman–Crippen MR) is 104 cm³/mol. The SMILES string of the molecule is CCCc1nnsc1C(=O)Nc1ccc(CC(=O)N2CCC(O)CC2)cc1. The average molecular weight is 388 g/mol. The third-order valence-electron chi connectivity index (χ3n) is 4.63. The van der Waals surface area contributed by atoms with Crippen LogP contribution in [0.15, 0.2) is 24.3 Å². The summed E-state index contributed by atoms with van der Waals surface area (Å²) in [4.78, 5) is 27.1. The van der Waals surface area contributed by atoms with Gasteiger partial charge in [-0.25, -0.2) is 0 Å². The molecule has 0 aliphatic carbocycles. The highest BCUT2D eigenvalue weighted by Gasteiger charge is 2.21. The lowest BCUT2D eigenvalue weighted by molar-refractivity contribution is -0.132. The van der Waals surface area contributed by atoms with E-state index in [1.807, 2.05) is 19.1 Å². The largest absolute Gasteiger partial charge is 0.393 e. The maximum absolute atomic E-state index is 12.4. The van der Waals surface area contributed by atoms with E-state index in [0.29, 0.717) is 42.9 Å². The second-order valence-electron chi connectivity index (χ2n) is 6.74. The fourth-order valence-corrected chi connectivity index (χ4v) is 3.68. The Morgan fingerprint density at radius 1 is 1.26 bits per heavy atom. The number of aromatic nitrogens is 2. The molecule has 1 fully saturated rings. The van der Waals surface area contributed by atoms with Gasteiger partial charge in [0.1, 0.15) is 4.88 Å². The Morgan fingerprint density at radius 3 is 2.63 bits per heavy atom. The van der Waals surface area contributed by atoms with Gasteiger partial charge in [-0.3, -0.25) is 9.59 Å². The first kappa shape index (κ1) is 19.4. The van der Waals surface area contributed by atoms with Crippen LogP contribution in [0.4, 0.5) is 5.69 Å².